The van der Waals surface area contributed by atoms with E-state index < -0.39 is 17.5 Å². The van der Waals surface area contributed by atoms with E-state index in [4.69, 9.17) is 4.74 Å². The van der Waals surface area contributed by atoms with Crippen molar-refractivity contribution in [2.24, 2.45) is 5.92 Å². The van der Waals surface area contributed by atoms with Gasteiger partial charge in [0.05, 0.1) is 6.61 Å². The summed E-state index contributed by atoms with van der Waals surface area (Å²) in [6, 6.07) is 12.9. The number of ether oxygens (including phenoxy) is 1. The molecular weight excluding hydrogens is 448 g/mol. The zero-order chi connectivity index (χ0) is 25.0. The number of amides is 5. The highest BCUT2D eigenvalue weighted by Gasteiger charge is 2.55. The third kappa shape index (κ3) is 5.13. The highest BCUT2D eigenvalue weighted by molar-refractivity contribution is 6.10. The molecule has 0 bridgehead atoms. The minimum atomic E-state index is -0.895. The van der Waals surface area contributed by atoms with Crippen molar-refractivity contribution in [2.45, 2.75) is 45.1 Å². The summed E-state index contributed by atoms with van der Waals surface area (Å²) in [5.41, 5.74) is 0.614. The molecule has 0 unspecified atom stereocenters. The van der Waals surface area contributed by atoms with E-state index in [0.29, 0.717) is 30.0 Å². The lowest BCUT2D eigenvalue weighted by atomic mass is 9.73. The predicted molar refractivity (Wildman–Crippen MR) is 131 cm³/mol. The van der Waals surface area contributed by atoms with Gasteiger partial charge in [0.15, 0.2) is 0 Å². The fourth-order valence-electron chi connectivity index (χ4n) is 4.69. The molecule has 35 heavy (non-hydrogen) atoms. The van der Waals surface area contributed by atoms with Crippen LogP contribution < -0.4 is 20.7 Å². The van der Waals surface area contributed by atoms with Crippen molar-refractivity contribution in [1.29, 1.82) is 0 Å². The summed E-state index contributed by atoms with van der Waals surface area (Å²) in [5, 5.41) is 8.34. The number of nitrogens with one attached hydrogen (secondary N) is 3. The Hall–Kier alpha value is -3.88. The van der Waals surface area contributed by atoms with Gasteiger partial charge in [0.2, 0.25) is 5.91 Å². The van der Waals surface area contributed by atoms with Crippen LogP contribution in [-0.4, -0.2) is 47.3 Å². The second kappa shape index (κ2) is 10.2. The lowest BCUT2D eigenvalue weighted by Gasteiger charge is -2.36. The normalized spacial score (nSPS) is 21.5. The van der Waals surface area contributed by atoms with Gasteiger partial charge in [-0.05, 0) is 74.2 Å². The molecule has 2 aromatic carbocycles. The van der Waals surface area contributed by atoms with Crippen LogP contribution in [0.1, 0.15) is 49.9 Å². The van der Waals surface area contributed by atoms with Gasteiger partial charge in [-0.25, -0.2) is 4.79 Å². The van der Waals surface area contributed by atoms with Gasteiger partial charge in [-0.1, -0.05) is 19.8 Å². The molecule has 2 aromatic rings. The average molecular weight is 479 g/mol. The van der Waals surface area contributed by atoms with Crippen molar-refractivity contribution < 1.29 is 23.9 Å². The van der Waals surface area contributed by atoms with Gasteiger partial charge in [-0.2, -0.15) is 0 Å². The Morgan fingerprint density at radius 2 is 1.69 bits per heavy atom. The van der Waals surface area contributed by atoms with Gasteiger partial charge in [0.25, 0.3) is 11.8 Å². The van der Waals surface area contributed by atoms with Gasteiger partial charge in [-0.3, -0.25) is 19.3 Å². The molecule has 3 N–H and O–H groups in total. The standard InChI is InChI=1S/C26H30N4O5/c1-3-35-21-13-11-20(12-14-21)28-23(32)18-7-9-19(10-8-18)27-22(31)16-30-24(33)26(29-25(30)34)15-5-4-6-17(26)2/h7-14,17H,3-6,15-16H2,1-2H3,(H,27,31)(H,28,32)(H,29,34)/t17-,26-/m0/s1. The molecule has 0 aromatic heterocycles. The zero-order valence-electron chi connectivity index (χ0n) is 19.9. The van der Waals surface area contributed by atoms with Crippen LogP contribution in [0.25, 0.3) is 0 Å². The number of imide groups is 1. The zero-order valence-corrected chi connectivity index (χ0v) is 19.9. The smallest absolute Gasteiger partial charge is 0.325 e. The van der Waals surface area contributed by atoms with E-state index in [0.717, 1.165) is 29.9 Å². The molecule has 1 saturated heterocycles. The first-order valence-electron chi connectivity index (χ1n) is 11.9. The SMILES string of the molecule is CCOc1ccc(NC(=O)c2ccc(NC(=O)CN3C(=O)N[C@]4(CCCC[C@@H]4C)C3=O)cc2)cc1. The molecule has 1 saturated carbocycles. The van der Waals surface area contributed by atoms with Crippen molar-refractivity contribution in [3.05, 3.63) is 54.1 Å². The third-order valence-electron chi connectivity index (χ3n) is 6.66. The van der Waals surface area contributed by atoms with Gasteiger partial charge >= 0.3 is 6.03 Å². The molecule has 2 atom stereocenters. The van der Waals surface area contributed by atoms with Crippen LogP contribution in [0.3, 0.4) is 0 Å². The number of benzene rings is 2. The molecule has 9 nitrogen and oxygen atoms in total. The minimum Gasteiger partial charge on any atom is -0.494 e. The number of carbonyl (C=O) groups is 4. The van der Waals surface area contributed by atoms with E-state index in [1.54, 1.807) is 48.5 Å². The van der Waals surface area contributed by atoms with Crippen LogP contribution in [0, 0.1) is 5.92 Å². The maximum absolute atomic E-state index is 13.0. The maximum Gasteiger partial charge on any atom is 0.325 e. The van der Waals surface area contributed by atoms with E-state index in [9.17, 15) is 19.2 Å². The van der Waals surface area contributed by atoms with Crippen molar-refractivity contribution in [3.8, 4) is 5.75 Å². The van der Waals surface area contributed by atoms with Crippen molar-refractivity contribution >= 4 is 35.1 Å². The summed E-state index contributed by atoms with van der Waals surface area (Å²) in [7, 11) is 0. The molecule has 2 aliphatic rings. The van der Waals surface area contributed by atoms with Gasteiger partial charge in [-0.15, -0.1) is 0 Å². The Morgan fingerprint density at radius 3 is 2.34 bits per heavy atom. The third-order valence-corrected chi connectivity index (χ3v) is 6.66. The van der Waals surface area contributed by atoms with E-state index >= 15 is 0 Å². The summed E-state index contributed by atoms with van der Waals surface area (Å²) in [6.07, 6.45) is 3.36. The fraction of sp³-hybridized carbons (Fsp3) is 0.385. The van der Waals surface area contributed by atoms with Crippen molar-refractivity contribution in [3.63, 3.8) is 0 Å². The Morgan fingerprint density at radius 1 is 1.03 bits per heavy atom. The van der Waals surface area contributed by atoms with Gasteiger partial charge in [0.1, 0.15) is 17.8 Å². The molecule has 1 heterocycles. The maximum atomic E-state index is 13.0. The monoisotopic (exact) mass is 478 g/mol. The van der Waals surface area contributed by atoms with Crippen LogP contribution in [-0.2, 0) is 9.59 Å². The molecule has 4 rings (SSSR count). The van der Waals surface area contributed by atoms with Gasteiger partial charge < -0.3 is 20.7 Å². The molecule has 2 fully saturated rings. The Bertz CT molecular complexity index is 1120. The second-order valence-electron chi connectivity index (χ2n) is 8.98. The summed E-state index contributed by atoms with van der Waals surface area (Å²) in [4.78, 5) is 51.6. The van der Waals surface area contributed by atoms with E-state index in [1.807, 2.05) is 13.8 Å². The molecule has 1 spiro atoms. The number of carbonyl (C=O) groups excluding carboxylic acids is 4. The number of hydrogen-bond donors (Lipinski definition) is 3. The molecule has 1 aliphatic carbocycles. The summed E-state index contributed by atoms with van der Waals surface area (Å²) in [5.74, 6) is -0.353. The lowest BCUT2D eigenvalue weighted by Crippen LogP contribution is -2.54. The Kier molecular flexibility index (Phi) is 7.04. The largest absolute Gasteiger partial charge is 0.494 e. The quantitative estimate of drug-likeness (QED) is 0.524. The molecule has 9 heteroatoms. The van der Waals surface area contributed by atoms with Crippen molar-refractivity contribution in [1.82, 2.24) is 10.2 Å². The Balaban J connectivity index is 1.33. The van der Waals surface area contributed by atoms with E-state index in [-0.39, 0.29) is 24.3 Å². The molecule has 5 amide bonds. The molecular formula is C26H30N4O5. The lowest BCUT2D eigenvalue weighted by molar-refractivity contribution is -0.136. The number of urea groups is 1. The number of rotatable bonds is 7. The van der Waals surface area contributed by atoms with E-state index in [2.05, 4.69) is 16.0 Å². The summed E-state index contributed by atoms with van der Waals surface area (Å²) in [6.45, 7) is 4.07. The van der Waals surface area contributed by atoms with Crippen LogP contribution in [0.2, 0.25) is 0 Å². The summed E-state index contributed by atoms with van der Waals surface area (Å²) >= 11 is 0. The first kappa shape index (κ1) is 24.3. The highest BCUT2D eigenvalue weighted by atomic mass is 16.5. The van der Waals surface area contributed by atoms with Gasteiger partial charge in [0, 0.05) is 16.9 Å². The Labute approximate surface area is 204 Å². The van der Waals surface area contributed by atoms with Crippen LogP contribution >= 0.6 is 0 Å². The minimum absolute atomic E-state index is 0.0297. The summed E-state index contributed by atoms with van der Waals surface area (Å²) < 4.78 is 5.39. The van der Waals surface area contributed by atoms with Crippen LogP contribution in [0.15, 0.2) is 48.5 Å². The first-order chi connectivity index (χ1) is 16.8. The van der Waals surface area contributed by atoms with Crippen LogP contribution in [0.5, 0.6) is 5.75 Å². The predicted octanol–water partition coefficient (Wildman–Crippen LogP) is 3.78. The average Bonchev–Trinajstić information content (AvgIpc) is 3.07. The molecule has 0 radical (unpaired) electrons. The fourth-order valence-corrected chi connectivity index (χ4v) is 4.69. The number of anilines is 2. The highest BCUT2D eigenvalue weighted by Crippen LogP contribution is 2.38. The number of hydrogen-bond acceptors (Lipinski definition) is 5. The first-order valence-corrected chi connectivity index (χ1v) is 11.9. The molecule has 1 aliphatic heterocycles. The number of nitrogens with zero attached hydrogens (tertiary/aromatic N) is 1. The van der Waals surface area contributed by atoms with E-state index in [1.165, 1.54) is 0 Å². The van der Waals surface area contributed by atoms with Crippen molar-refractivity contribution in [2.75, 3.05) is 23.8 Å². The van der Waals surface area contributed by atoms with Crippen LogP contribution in [0.4, 0.5) is 16.2 Å². The molecule has 184 valence electrons. The topological polar surface area (TPSA) is 117 Å². The second-order valence-corrected chi connectivity index (χ2v) is 8.98.